The standard InChI is InChI=1S/C7H14.2C2H6.C2H4/c1-4-6-7(3)5-2;3*1-2/h5,7H,2,4,6H2,1,3H3;2*1-2H3;1-2H2. The molecule has 0 aliphatic carbocycles. The highest BCUT2D eigenvalue weighted by Gasteiger charge is 1.89. The number of hydrogen-bond acceptors (Lipinski definition) is 0. The molecule has 0 amide bonds. The molecular weight excluding hydrogens is 156 g/mol. The fraction of sp³-hybridized carbons (Fsp3) is 0.692. The van der Waals surface area contributed by atoms with Crippen LogP contribution in [0.4, 0.5) is 0 Å². The Morgan fingerprint density at radius 2 is 1.38 bits per heavy atom. The molecule has 1 unspecified atom stereocenters. The molecule has 0 saturated carbocycles. The molecule has 0 spiro atoms. The van der Waals surface area contributed by atoms with Gasteiger partial charge < -0.3 is 0 Å². The summed E-state index contributed by atoms with van der Waals surface area (Å²) in [5.74, 6) is 0.713. The highest BCUT2D eigenvalue weighted by molar-refractivity contribution is 4.73. The van der Waals surface area contributed by atoms with Gasteiger partial charge in [0.15, 0.2) is 0 Å². The predicted molar refractivity (Wildman–Crippen MR) is 68.2 cm³/mol. The second kappa shape index (κ2) is 42.0. The summed E-state index contributed by atoms with van der Waals surface area (Å²) < 4.78 is 0. The summed E-state index contributed by atoms with van der Waals surface area (Å²) in [5.41, 5.74) is 0. The molecule has 0 heterocycles. The molecule has 1 atom stereocenters. The van der Waals surface area contributed by atoms with E-state index in [1.807, 2.05) is 33.8 Å². The minimum Gasteiger partial charge on any atom is -0.106 e. The molecular formula is C13H30. The van der Waals surface area contributed by atoms with Crippen molar-refractivity contribution in [3.63, 3.8) is 0 Å². The van der Waals surface area contributed by atoms with Gasteiger partial charge in [-0.15, -0.1) is 19.7 Å². The van der Waals surface area contributed by atoms with Crippen LogP contribution in [0.2, 0.25) is 0 Å². The average Bonchev–Trinajstić information content (AvgIpc) is 2.27. The van der Waals surface area contributed by atoms with Crippen LogP contribution in [0.25, 0.3) is 0 Å². The molecule has 0 bridgehead atoms. The molecule has 0 N–H and O–H groups in total. The van der Waals surface area contributed by atoms with Crippen molar-refractivity contribution in [2.24, 2.45) is 5.92 Å². The smallest absolute Gasteiger partial charge is 0.0265 e. The minimum absolute atomic E-state index is 0.713. The fourth-order valence-electron chi connectivity index (χ4n) is 0.573. The van der Waals surface area contributed by atoms with E-state index in [2.05, 4.69) is 33.6 Å². The van der Waals surface area contributed by atoms with Gasteiger partial charge in [-0.25, -0.2) is 0 Å². The quantitative estimate of drug-likeness (QED) is 0.513. The largest absolute Gasteiger partial charge is 0.106 e. The number of allylic oxidation sites excluding steroid dienone is 1. The lowest BCUT2D eigenvalue weighted by Gasteiger charge is -1.98. The molecule has 0 fully saturated rings. The number of rotatable bonds is 3. The van der Waals surface area contributed by atoms with Crippen molar-refractivity contribution >= 4 is 0 Å². The third-order valence-electron chi connectivity index (χ3n) is 1.15. The summed E-state index contributed by atoms with van der Waals surface area (Å²) in [4.78, 5) is 0. The van der Waals surface area contributed by atoms with Gasteiger partial charge in [0.1, 0.15) is 0 Å². The first-order valence-corrected chi connectivity index (χ1v) is 5.43. The van der Waals surface area contributed by atoms with Crippen molar-refractivity contribution in [1.82, 2.24) is 0 Å². The van der Waals surface area contributed by atoms with Crippen LogP contribution in [0.15, 0.2) is 25.8 Å². The summed E-state index contributed by atoms with van der Waals surface area (Å²) >= 11 is 0. The molecule has 0 aliphatic rings. The van der Waals surface area contributed by atoms with Gasteiger partial charge in [0, 0.05) is 0 Å². The molecule has 0 heteroatoms. The van der Waals surface area contributed by atoms with Crippen molar-refractivity contribution in [1.29, 1.82) is 0 Å². The van der Waals surface area contributed by atoms with Gasteiger partial charge in [0.25, 0.3) is 0 Å². The third kappa shape index (κ3) is 51.4. The molecule has 0 aromatic heterocycles. The predicted octanol–water partition coefficient (Wildman–Crippen LogP) is 5.46. The molecule has 0 nitrogen and oxygen atoms in total. The van der Waals surface area contributed by atoms with E-state index in [0.29, 0.717) is 5.92 Å². The van der Waals surface area contributed by atoms with Crippen LogP contribution >= 0.6 is 0 Å². The summed E-state index contributed by atoms with van der Waals surface area (Å²) in [5, 5.41) is 0. The van der Waals surface area contributed by atoms with Gasteiger partial charge in [-0.05, 0) is 12.3 Å². The first kappa shape index (κ1) is 22.9. The lowest BCUT2D eigenvalue weighted by Crippen LogP contribution is -1.84. The van der Waals surface area contributed by atoms with Crippen molar-refractivity contribution in [2.45, 2.75) is 54.4 Å². The molecule has 0 aromatic rings. The average molecular weight is 186 g/mol. The maximum atomic E-state index is 3.68. The van der Waals surface area contributed by atoms with E-state index < -0.39 is 0 Å². The van der Waals surface area contributed by atoms with E-state index in [4.69, 9.17) is 0 Å². The maximum absolute atomic E-state index is 3.68. The van der Waals surface area contributed by atoms with Crippen molar-refractivity contribution in [3.8, 4) is 0 Å². The maximum Gasteiger partial charge on any atom is -0.0265 e. The third-order valence-corrected chi connectivity index (χ3v) is 1.15. The van der Waals surface area contributed by atoms with Gasteiger partial charge in [-0.1, -0.05) is 54.0 Å². The van der Waals surface area contributed by atoms with E-state index in [1.54, 1.807) is 0 Å². The lowest BCUT2D eigenvalue weighted by atomic mass is 10.1. The Morgan fingerprint density at radius 1 is 1.08 bits per heavy atom. The van der Waals surface area contributed by atoms with Crippen LogP contribution in [0.3, 0.4) is 0 Å². The molecule has 0 radical (unpaired) electrons. The van der Waals surface area contributed by atoms with Crippen LogP contribution < -0.4 is 0 Å². The highest BCUT2D eigenvalue weighted by atomic mass is 13.9. The monoisotopic (exact) mass is 186 g/mol. The molecule has 13 heavy (non-hydrogen) atoms. The van der Waals surface area contributed by atoms with Crippen molar-refractivity contribution in [2.75, 3.05) is 0 Å². The summed E-state index contributed by atoms with van der Waals surface area (Å²) in [6.07, 6.45) is 4.56. The van der Waals surface area contributed by atoms with E-state index in [9.17, 15) is 0 Å². The summed E-state index contributed by atoms with van der Waals surface area (Å²) in [6, 6.07) is 0. The molecule has 0 saturated heterocycles. The normalized spacial score (nSPS) is 8.46. The van der Waals surface area contributed by atoms with Crippen LogP contribution in [-0.4, -0.2) is 0 Å². The van der Waals surface area contributed by atoms with Crippen LogP contribution in [0.1, 0.15) is 54.4 Å². The topological polar surface area (TPSA) is 0 Å². The Hall–Kier alpha value is -0.520. The second-order valence-electron chi connectivity index (χ2n) is 2.00. The lowest BCUT2D eigenvalue weighted by molar-refractivity contribution is 0.635. The van der Waals surface area contributed by atoms with Gasteiger partial charge in [-0.3, -0.25) is 0 Å². The first-order chi connectivity index (χ1) is 6.31. The molecule has 0 aromatic carbocycles. The Bertz CT molecular complexity index is 55.1. The summed E-state index contributed by atoms with van der Waals surface area (Å²) in [7, 11) is 0. The van der Waals surface area contributed by atoms with Crippen LogP contribution in [-0.2, 0) is 0 Å². The zero-order valence-electron chi connectivity index (χ0n) is 10.7. The van der Waals surface area contributed by atoms with Gasteiger partial charge in [0.2, 0.25) is 0 Å². The Balaban J connectivity index is -0.0000000573. The Labute approximate surface area is 86.8 Å². The summed E-state index contributed by atoms with van der Waals surface area (Å²) in [6.45, 7) is 22.1. The number of hydrogen-bond donors (Lipinski definition) is 0. The van der Waals surface area contributed by atoms with Gasteiger partial charge in [0.05, 0.1) is 0 Å². The van der Waals surface area contributed by atoms with E-state index >= 15 is 0 Å². The van der Waals surface area contributed by atoms with E-state index in [1.165, 1.54) is 12.8 Å². The van der Waals surface area contributed by atoms with Crippen LogP contribution in [0, 0.1) is 5.92 Å². The van der Waals surface area contributed by atoms with Crippen molar-refractivity contribution in [3.05, 3.63) is 25.8 Å². The highest BCUT2D eigenvalue weighted by Crippen LogP contribution is 2.03. The van der Waals surface area contributed by atoms with E-state index in [-0.39, 0.29) is 0 Å². The van der Waals surface area contributed by atoms with Gasteiger partial charge in [-0.2, -0.15) is 0 Å². The SMILES string of the molecule is C=C.C=CC(C)CCC.CC.CC. The van der Waals surface area contributed by atoms with E-state index in [0.717, 1.165) is 0 Å². The van der Waals surface area contributed by atoms with Crippen molar-refractivity contribution < 1.29 is 0 Å². The fourth-order valence-corrected chi connectivity index (χ4v) is 0.573. The van der Waals surface area contributed by atoms with Crippen LogP contribution in [0.5, 0.6) is 0 Å². The zero-order chi connectivity index (χ0) is 11.7. The Morgan fingerprint density at radius 3 is 1.46 bits per heavy atom. The van der Waals surface area contributed by atoms with Gasteiger partial charge >= 0.3 is 0 Å². The minimum atomic E-state index is 0.713. The Kier molecular flexibility index (Phi) is 73.9. The second-order valence-corrected chi connectivity index (χ2v) is 2.00. The zero-order valence-corrected chi connectivity index (χ0v) is 10.7. The molecule has 0 aliphatic heterocycles. The first-order valence-electron chi connectivity index (χ1n) is 5.43. The molecule has 82 valence electrons. The molecule has 0 rings (SSSR count).